The predicted molar refractivity (Wildman–Crippen MR) is 618 cm³/mol. The topological polar surface area (TPSA) is 22.2 Å². The van der Waals surface area contributed by atoms with Crippen LogP contribution >= 0.6 is 0 Å². The maximum atomic E-state index is 6.01. The molecule has 142 heavy (non-hydrogen) atoms. The average molecular weight is 1920 g/mol. The zero-order valence-electron chi connectivity index (χ0n) is 93.6. The molecule has 9 aromatic carbocycles. The van der Waals surface area contributed by atoms with Crippen LogP contribution in [-0.4, -0.2) is 89.6 Å². The lowest BCUT2D eigenvalue weighted by atomic mass is 9.71. The molecule has 3 saturated carbocycles. The number of likely N-dealkylation sites (tertiary alicyclic amines) is 4. The molecule has 5 saturated heterocycles. The van der Waals surface area contributed by atoms with Crippen molar-refractivity contribution < 1.29 is 4.74 Å². The molecule has 5 nitrogen and oxygen atoms in total. The summed E-state index contributed by atoms with van der Waals surface area (Å²) in [7, 11) is 0. The molecule has 0 spiro atoms. The number of hydrogen-bond donors (Lipinski definition) is 0. The maximum absolute atomic E-state index is 6.01. The highest BCUT2D eigenvalue weighted by Crippen LogP contribution is 2.45. The summed E-state index contributed by atoms with van der Waals surface area (Å²) in [6.07, 6.45) is 42.7. The lowest BCUT2D eigenvalue weighted by Crippen LogP contribution is -2.35. The number of rotatable bonds is 21. The van der Waals surface area contributed by atoms with Crippen molar-refractivity contribution in [1.29, 1.82) is 0 Å². The molecule has 5 aliphatic heterocycles. The molecule has 0 amide bonds. The molecule has 0 bridgehead atoms. The summed E-state index contributed by atoms with van der Waals surface area (Å²) in [5.74, 6) is 14.7. The summed E-state index contributed by atoms with van der Waals surface area (Å²) in [5, 5.41) is 0. The van der Waals surface area contributed by atoms with Crippen molar-refractivity contribution in [3.63, 3.8) is 0 Å². The maximum Gasteiger partial charge on any atom is 0.0829 e. The van der Waals surface area contributed by atoms with Gasteiger partial charge in [0.1, 0.15) is 0 Å². The molecule has 5 heterocycles. The fourth-order valence-electron chi connectivity index (χ4n) is 24.3. The Morgan fingerprint density at radius 3 is 1.22 bits per heavy atom. The number of nitrogens with zero attached hydrogens (tertiary/aromatic N) is 4. The van der Waals surface area contributed by atoms with Crippen LogP contribution in [0.1, 0.15) is 404 Å². The fraction of sp³-hybridized carbons (Fsp3) is 0.577. The molecular formula is C137H202N4O. The predicted octanol–water partition coefficient (Wildman–Crippen LogP) is 37.7. The Labute approximate surface area is 872 Å². The van der Waals surface area contributed by atoms with Gasteiger partial charge in [0.2, 0.25) is 0 Å². The van der Waals surface area contributed by atoms with Crippen LogP contribution in [-0.2, 0) is 17.8 Å². The van der Waals surface area contributed by atoms with Gasteiger partial charge in [-0.25, -0.2) is 0 Å². The van der Waals surface area contributed by atoms with Gasteiger partial charge in [0.25, 0.3) is 0 Å². The van der Waals surface area contributed by atoms with Crippen molar-refractivity contribution in [2.75, 3.05) is 45.8 Å². The van der Waals surface area contributed by atoms with Crippen LogP contribution in [0.5, 0.6) is 0 Å². The lowest BCUT2D eigenvalue weighted by molar-refractivity contribution is 0.0188. The average Bonchev–Trinajstić information content (AvgIpc) is 1.27. The third kappa shape index (κ3) is 40.8. The van der Waals surface area contributed by atoms with Gasteiger partial charge in [-0.15, -0.1) is 0 Å². The second-order valence-corrected chi connectivity index (χ2v) is 47.4. The molecule has 10 aliphatic rings. The van der Waals surface area contributed by atoms with Gasteiger partial charge < -0.3 is 14.5 Å². The molecule has 0 aromatic heterocycles. The summed E-state index contributed by atoms with van der Waals surface area (Å²) in [6.45, 7) is 57.7. The van der Waals surface area contributed by atoms with Crippen molar-refractivity contribution >= 4 is 0 Å². The van der Waals surface area contributed by atoms with E-state index < -0.39 is 0 Å². The van der Waals surface area contributed by atoms with E-state index >= 15 is 0 Å². The highest BCUT2D eigenvalue weighted by Gasteiger charge is 2.34. The Kier molecular flexibility index (Phi) is 52.7. The van der Waals surface area contributed by atoms with E-state index in [2.05, 4.69) is 443 Å². The quantitative estimate of drug-likeness (QED) is 0.0667. The van der Waals surface area contributed by atoms with Gasteiger partial charge in [0.15, 0.2) is 0 Å². The minimum atomic E-state index is 0.337. The third-order valence-electron chi connectivity index (χ3n) is 33.9. The van der Waals surface area contributed by atoms with Crippen LogP contribution in [0.15, 0.2) is 296 Å². The first-order valence-corrected chi connectivity index (χ1v) is 58.2. The normalized spacial score (nSPS) is 24.2. The monoisotopic (exact) mass is 1920 g/mol. The van der Waals surface area contributed by atoms with E-state index in [0.717, 1.165) is 120 Å². The molecule has 0 N–H and O–H groups in total. The van der Waals surface area contributed by atoms with E-state index in [1.54, 1.807) is 27.8 Å². The van der Waals surface area contributed by atoms with Crippen molar-refractivity contribution in [3.8, 4) is 0 Å². The first-order chi connectivity index (χ1) is 68.7. The Bertz CT molecular complexity index is 4650. The molecule has 11 unspecified atom stereocenters. The van der Waals surface area contributed by atoms with Crippen molar-refractivity contribution in [2.24, 2.45) is 71.0 Å². The van der Waals surface area contributed by atoms with Gasteiger partial charge in [-0.2, -0.15) is 0 Å². The molecule has 0 radical (unpaired) electrons. The van der Waals surface area contributed by atoms with Crippen molar-refractivity contribution in [2.45, 2.75) is 391 Å². The van der Waals surface area contributed by atoms with Crippen LogP contribution < -0.4 is 0 Å². The van der Waals surface area contributed by atoms with Crippen LogP contribution in [0.4, 0.5) is 0 Å². The van der Waals surface area contributed by atoms with E-state index in [-0.39, 0.29) is 0 Å². The Morgan fingerprint density at radius 1 is 0.282 bits per heavy atom. The number of benzene rings is 9. The van der Waals surface area contributed by atoms with Gasteiger partial charge in [-0.1, -0.05) is 439 Å². The first-order valence-electron chi connectivity index (χ1n) is 58.2. The molecule has 9 aromatic rings. The summed E-state index contributed by atoms with van der Waals surface area (Å²) < 4.78 is 6.01. The van der Waals surface area contributed by atoms with E-state index in [4.69, 9.17) is 4.74 Å². The fourth-order valence-corrected chi connectivity index (χ4v) is 24.3. The number of hydrogen-bond acceptors (Lipinski definition) is 5. The molecule has 5 aliphatic carbocycles. The Hall–Kier alpha value is -7.74. The number of allylic oxidation sites excluding steroid dienone is 4. The number of ether oxygens (including phenoxy) is 1. The van der Waals surface area contributed by atoms with Crippen LogP contribution in [0.25, 0.3) is 0 Å². The van der Waals surface area contributed by atoms with Crippen LogP contribution in [0, 0.1) is 71.0 Å². The Morgan fingerprint density at radius 2 is 0.761 bits per heavy atom. The first kappa shape index (κ1) is 116. The van der Waals surface area contributed by atoms with E-state index in [1.165, 1.54) is 253 Å². The van der Waals surface area contributed by atoms with Gasteiger partial charge in [-0.05, 0) is 352 Å². The van der Waals surface area contributed by atoms with Crippen molar-refractivity contribution in [1.82, 2.24) is 19.6 Å². The SMILES string of the molecule is CC(C)C1=CC(c2ccccc2)CCC1.CC(C)C1=CCC(c2ccccc2)CC1.CC(C)C1CCC(c2ccccc2)CC1.CC(C)C1CCC(c2ccccc2)O1.CC(C)C1CCCC(c2ccccc2)C1.CC(C)C1CCCCC1c1ccccc1.CC(C)C1CCCN1Cc1ccccc1.CC(C)C1CCN(Cc2ccccc2)C1.CC(C)N1CCC(c2ccccc2)C1.CC(C)N1CCCCC1. The van der Waals surface area contributed by atoms with Gasteiger partial charge >= 0.3 is 0 Å². The van der Waals surface area contributed by atoms with Crippen LogP contribution in [0.3, 0.4) is 0 Å². The zero-order valence-corrected chi connectivity index (χ0v) is 93.6. The third-order valence-corrected chi connectivity index (χ3v) is 33.9. The van der Waals surface area contributed by atoms with Gasteiger partial charge in [-0.3, -0.25) is 9.80 Å². The molecular weight excluding hydrogens is 1720 g/mol. The number of piperidine rings is 1. The zero-order chi connectivity index (χ0) is 101. The molecule has 5 heteroatoms. The highest BCUT2D eigenvalue weighted by molar-refractivity contribution is 5.30. The summed E-state index contributed by atoms with van der Waals surface area (Å²) in [4.78, 5) is 10.3. The van der Waals surface area contributed by atoms with Crippen LogP contribution in [0.2, 0.25) is 0 Å². The smallest absolute Gasteiger partial charge is 0.0829 e. The lowest BCUT2D eigenvalue weighted by Gasteiger charge is -2.34. The van der Waals surface area contributed by atoms with E-state index in [9.17, 15) is 0 Å². The highest BCUT2D eigenvalue weighted by atomic mass is 16.5. The molecule has 11 atom stereocenters. The molecule has 8 fully saturated rings. The second-order valence-electron chi connectivity index (χ2n) is 47.4. The van der Waals surface area contributed by atoms with Gasteiger partial charge in [0.05, 0.1) is 12.2 Å². The second kappa shape index (κ2) is 64.4. The largest absolute Gasteiger partial charge is 0.370 e. The van der Waals surface area contributed by atoms with E-state index in [0.29, 0.717) is 30.1 Å². The minimum absolute atomic E-state index is 0.337. The molecule has 776 valence electrons. The molecule has 19 rings (SSSR count). The van der Waals surface area contributed by atoms with Gasteiger partial charge in [0, 0.05) is 50.2 Å². The summed E-state index contributed by atoms with van der Waals surface area (Å²) in [6, 6.07) is 100. The van der Waals surface area contributed by atoms with E-state index in [1.807, 2.05) is 0 Å². The summed E-state index contributed by atoms with van der Waals surface area (Å²) in [5.41, 5.74) is 16.7. The summed E-state index contributed by atoms with van der Waals surface area (Å²) >= 11 is 0. The minimum Gasteiger partial charge on any atom is -0.370 e. The standard InChI is InChI=1S/2C15H22.C15H20.C15H22.C15H20.2C14H21N.C13H19N.C13H18O.C8H17N/c1-12(2)14-10-6-7-11-15(14)13-8-4-3-5-9-13;2*1-12(2)14-9-6-10-15(11-14)13-7-4-3-5-8-13;2*1-12(2)13-8-10-15(11-9-13)14-6-4-3-5-7-14;1-12(2)14-9-6-10-15(14)11-13-7-4-3-5-8-13;1-12(2)14-8-9-15(11-14)10-13-6-4-3-5-7-13;1-11(2)14-9-8-13(10-14)12-6-4-3-5-7-12;1-10(2)12-8-9-13(14-12)11-6-4-3-5-7-11;1-8(2)9-6-4-3-5-7-9/h3-5,8-9,12,14-15H,6-7,10-11H2,1-2H3;3-5,7-8,12,14-15H,6,9-11H2,1-2H3;3-5,7-8,11-12,15H,6,9-10H2,1-2H3;3-7,12-13,15H,8-11H2,1-2H3;3-8,12,15H,9-11H2,1-2H3;3-5,7-8,12,14H,6,9-11H2,1-2H3;3-7,12,14H,8-11H2,1-2H3;3-7,11,13H,8-10H2,1-2H3;3-7,10,12-13H,8-9H2,1-2H3;8H,3-7H2,1-2H3. The van der Waals surface area contributed by atoms with Crippen molar-refractivity contribution in [3.05, 3.63) is 346 Å². The Balaban J connectivity index is 0.000000163.